The molecule has 1 saturated heterocycles. The highest BCUT2D eigenvalue weighted by Gasteiger charge is 2.60. The lowest BCUT2D eigenvalue weighted by Crippen LogP contribution is -2.61. The van der Waals surface area contributed by atoms with Crippen LogP contribution >= 0.6 is 19.1 Å². The van der Waals surface area contributed by atoms with E-state index >= 15 is 0 Å². The third-order valence-corrected chi connectivity index (χ3v) is 10.4. The standard InChI is InChI=1S/C24H34ClN6O7P/c1-22-3-12-4-23(2,8-22)10-24(5-12,9-22)30-18-15-19(29-21(25)28-18)31(11-26-15)20-17(35)16(34)13(38-20)6-27-39(36,37)7-14(32)33/h11-13,16-17,20,34-35H,3-10H2,1-2H3,(H,32,33)(H2,27,36,37)(H,28,29,30)/t12-,13?,16?,17?,20?,22+,23-,24-. The number of aliphatic carboxylic acids is 1. The second kappa shape index (κ2) is 9.07. The van der Waals surface area contributed by atoms with Crippen molar-refractivity contribution in [3.05, 3.63) is 11.6 Å². The zero-order valence-electron chi connectivity index (χ0n) is 21.7. The fourth-order valence-electron chi connectivity index (χ4n) is 8.60. The van der Waals surface area contributed by atoms with Crippen molar-refractivity contribution in [3.63, 3.8) is 0 Å². The van der Waals surface area contributed by atoms with Crippen LogP contribution in [-0.2, 0) is 14.1 Å². The van der Waals surface area contributed by atoms with Gasteiger partial charge in [-0.25, -0.2) is 10.1 Å². The van der Waals surface area contributed by atoms with E-state index in [-0.39, 0.29) is 28.2 Å². The lowest BCUT2D eigenvalue weighted by molar-refractivity contribution is -0.134. The van der Waals surface area contributed by atoms with Gasteiger partial charge in [0.1, 0.15) is 24.5 Å². The summed E-state index contributed by atoms with van der Waals surface area (Å²) in [6.45, 7) is 4.42. The lowest BCUT2D eigenvalue weighted by Gasteiger charge is -2.65. The first-order valence-corrected chi connectivity index (χ1v) is 15.4. The van der Waals surface area contributed by atoms with E-state index in [0.29, 0.717) is 22.9 Å². The second-order valence-electron chi connectivity index (χ2n) is 12.9. The highest BCUT2D eigenvalue weighted by Crippen LogP contribution is 2.67. The zero-order chi connectivity index (χ0) is 28.0. The highest BCUT2D eigenvalue weighted by molar-refractivity contribution is 7.56. The number of anilines is 1. The van der Waals surface area contributed by atoms with E-state index in [9.17, 15) is 24.5 Å². The zero-order valence-corrected chi connectivity index (χ0v) is 23.4. The number of carbonyl (C=O) groups is 1. The lowest BCUT2D eigenvalue weighted by atomic mass is 9.43. The van der Waals surface area contributed by atoms with Crippen LogP contribution in [0.25, 0.3) is 11.2 Å². The van der Waals surface area contributed by atoms with Crippen molar-refractivity contribution >= 4 is 42.1 Å². The number of aliphatic hydroxyl groups excluding tert-OH is 2. The first-order valence-electron chi connectivity index (χ1n) is 13.2. The summed E-state index contributed by atoms with van der Waals surface area (Å²) in [6, 6.07) is 0. The number of carboxylic acid groups (broad SMARTS) is 1. The van der Waals surface area contributed by atoms with Crippen LogP contribution in [-0.4, -0.2) is 82.3 Å². The number of aromatic nitrogens is 4. The Bertz CT molecular complexity index is 1360. The van der Waals surface area contributed by atoms with Crippen molar-refractivity contribution in [2.24, 2.45) is 16.7 Å². The number of halogens is 1. The molecule has 39 heavy (non-hydrogen) atoms. The Morgan fingerprint density at radius 1 is 1.18 bits per heavy atom. The molecule has 5 fully saturated rings. The average molecular weight is 585 g/mol. The molecule has 214 valence electrons. The molecular formula is C24H34ClN6O7P. The van der Waals surface area contributed by atoms with Crippen LogP contribution in [0, 0.1) is 16.7 Å². The van der Waals surface area contributed by atoms with Crippen molar-refractivity contribution in [2.45, 2.75) is 82.5 Å². The van der Waals surface area contributed by atoms with Gasteiger partial charge in [0.15, 0.2) is 23.2 Å². The number of rotatable bonds is 8. The van der Waals surface area contributed by atoms with Gasteiger partial charge in [-0.05, 0) is 66.9 Å². The number of fused-ring (bicyclic) bond motifs is 1. The molecule has 0 aromatic carbocycles. The number of ether oxygens (including phenoxy) is 1. The minimum Gasteiger partial charge on any atom is -0.481 e. The Kier molecular flexibility index (Phi) is 6.35. The Morgan fingerprint density at radius 3 is 2.51 bits per heavy atom. The van der Waals surface area contributed by atoms with Crippen molar-refractivity contribution < 1.29 is 34.3 Å². The predicted molar refractivity (Wildman–Crippen MR) is 140 cm³/mol. The van der Waals surface area contributed by atoms with Gasteiger partial charge < -0.3 is 30.3 Å². The maximum Gasteiger partial charge on any atom is 0.314 e. The van der Waals surface area contributed by atoms with E-state index in [1.807, 2.05) is 0 Å². The van der Waals surface area contributed by atoms with Crippen LogP contribution in [0.2, 0.25) is 5.28 Å². The van der Waals surface area contributed by atoms with Gasteiger partial charge in [0, 0.05) is 12.1 Å². The molecule has 13 nitrogen and oxygen atoms in total. The quantitative estimate of drug-likeness (QED) is 0.196. The van der Waals surface area contributed by atoms with E-state index in [4.69, 9.17) is 21.4 Å². The number of nitrogens with one attached hydrogen (secondary N) is 2. The van der Waals surface area contributed by atoms with Gasteiger partial charge in [-0.3, -0.25) is 13.9 Å². The molecule has 4 saturated carbocycles. The summed E-state index contributed by atoms with van der Waals surface area (Å²) in [6.07, 6.45) is 2.25. The molecule has 2 aromatic heterocycles. The fraction of sp³-hybridized carbons (Fsp3) is 0.750. The van der Waals surface area contributed by atoms with E-state index < -0.39 is 44.2 Å². The van der Waals surface area contributed by atoms with E-state index in [1.54, 1.807) is 0 Å². The number of imidazole rings is 1. The Labute approximate surface area is 229 Å². The molecule has 6 N–H and O–H groups in total. The Morgan fingerprint density at radius 2 is 1.87 bits per heavy atom. The molecule has 0 radical (unpaired) electrons. The summed E-state index contributed by atoms with van der Waals surface area (Å²) in [5.74, 6) is -0.270. The molecule has 15 heteroatoms. The van der Waals surface area contributed by atoms with Crippen LogP contribution in [0.4, 0.5) is 5.82 Å². The van der Waals surface area contributed by atoms with Crippen LogP contribution < -0.4 is 10.4 Å². The first-order chi connectivity index (χ1) is 18.2. The summed E-state index contributed by atoms with van der Waals surface area (Å²) >= 11 is 6.36. The first kappa shape index (κ1) is 27.3. The molecule has 0 spiro atoms. The normalized spacial score (nSPS) is 40.7. The van der Waals surface area contributed by atoms with Crippen LogP contribution in [0.15, 0.2) is 6.33 Å². The largest absolute Gasteiger partial charge is 0.481 e. The van der Waals surface area contributed by atoms with E-state index in [1.165, 1.54) is 30.2 Å². The molecule has 7 rings (SSSR count). The Balaban J connectivity index is 1.26. The molecule has 2 aromatic rings. The summed E-state index contributed by atoms with van der Waals surface area (Å²) in [7, 11) is -4.21. The van der Waals surface area contributed by atoms with Gasteiger partial charge >= 0.3 is 5.97 Å². The molecule has 5 unspecified atom stereocenters. The van der Waals surface area contributed by atoms with Crippen molar-refractivity contribution in [1.82, 2.24) is 24.6 Å². The summed E-state index contributed by atoms with van der Waals surface area (Å²) in [5, 5.41) is 36.1. The minimum absolute atomic E-state index is 0.00459. The van der Waals surface area contributed by atoms with Gasteiger partial charge in [0.25, 0.3) is 7.52 Å². The maximum atomic E-state index is 12.0. The number of aliphatic hydroxyl groups is 2. The van der Waals surface area contributed by atoms with Gasteiger partial charge in [-0.15, -0.1) is 0 Å². The number of hydrogen-bond donors (Lipinski definition) is 6. The third-order valence-electron chi connectivity index (χ3n) is 8.90. The molecule has 4 aliphatic carbocycles. The number of hydrogen-bond acceptors (Lipinski definition) is 9. The molecule has 9 atom stereocenters. The number of carboxylic acids is 1. The highest BCUT2D eigenvalue weighted by atomic mass is 35.5. The molecule has 4 bridgehead atoms. The van der Waals surface area contributed by atoms with Crippen molar-refractivity contribution in [1.29, 1.82) is 0 Å². The Hall–Kier alpha value is -1.86. The second-order valence-corrected chi connectivity index (χ2v) is 15.2. The predicted octanol–water partition coefficient (Wildman–Crippen LogP) is 2.12. The van der Waals surface area contributed by atoms with Crippen LogP contribution in [0.1, 0.15) is 58.6 Å². The topological polar surface area (TPSA) is 192 Å². The molecule has 3 heterocycles. The summed E-state index contributed by atoms with van der Waals surface area (Å²) in [5.41, 5.74) is 1.20. The summed E-state index contributed by atoms with van der Waals surface area (Å²) < 4.78 is 19.3. The van der Waals surface area contributed by atoms with Crippen LogP contribution in [0.5, 0.6) is 0 Å². The van der Waals surface area contributed by atoms with Gasteiger partial charge in [-0.2, -0.15) is 9.97 Å². The van der Waals surface area contributed by atoms with Gasteiger partial charge in [-0.1, -0.05) is 13.8 Å². The molecule has 5 aliphatic rings. The third kappa shape index (κ3) is 4.96. The molecular weight excluding hydrogens is 551 g/mol. The van der Waals surface area contributed by atoms with Crippen LogP contribution in [0.3, 0.4) is 0 Å². The summed E-state index contributed by atoms with van der Waals surface area (Å²) in [4.78, 5) is 34.0. The molecule has 0 amide bonds. The van der Waals surface area contributed by atoms with Gasteiger partial charge in [0.05, 0.1) is 6.33 Å². The number of nitrogens with zero attached hydrogens (tertiary/aromatic N) is 4. The van der Waals surface area contributed by atoms with E-state index in [2.05, 4.69) is 39.2 Å². The fourth-order valence-corrected chi connectivity index (χ4v) is 9.71. The van der Waals surface area contributed by atoms with Crippen molar-refractivity contribution in [3.8, 4) is 0 Å². The van der Waals surface area contributed by atoms with Gasteiger partial charge in [0.2, 0.25) is 5.28 Å². The SMILES string of the molecule is C[C@]12C[C@@H]3C[C@](C)(C1)C[C@@](Nc1nc(Cl)nc4c1ncn4C1OC(CNP(=O)(O)CC(=O)O)C(O)C1O)(C3)C2. The minimum atomic E-state index is -4.21. The maximum absolute atomic E-state index is 12.0. The van der Waals surface area contributed by atoms with Crippen molar-refractivity contribution in [2.75, 3.05) is 18.0 Å². The smallest absolute Gasteiger partial charge is 0.314 e. The monoisotopic (exact) mass is 584 g/mol. The van der Waals surface area contributed by atoms with E-state index in [0.717, 1.165) is 19.3 Å². The molecule has 1 aliphatic heterocycles. The average Bonchev–Trinajstić information content (AvgIpc) is 3.30.